The summed E-state index contributed by atoms with van der Waals surface area (Å²) in [4.78, 5) is 31.1. The molecule has 1 amide bonds. The highest BCUT2D eigenvalue weighted by molar-refractivity contribution is 5.95. The lowest BCUT2D eigenvalue weighted by molar-refractivity contribution is 0.0751. The van der Waals surface area contributed by atoms with Crippen molar-refractivity contribution in [1.82, 2.24) is 29.6 Å². The molecule has 5 heterocycles. The Bertz CT molecular complexity index is 1400. The highest BCUT2D eigenvalue weighted by atomic mass is 16.5. The van der Waals surface area contributed by atoms with Gasteiger partial charge in [0.2, 0.25) is 11.8 Å². The van der Waals surface area contributed by atoms with Gasteiger partial charge in [0.05, 0.1) is 11.3 Å². The van der Waals surface area contributed by atoms with E-state index in [-0.39, 0.29) is 12.0 Å². The van der Waals surface area contributed by atoms with Gasteiger partial charge in [0.25, 0.3) is 5.91 Å². The zero-order valence-corrected chi connectivity index (χ0v) is 24.3. The maximum absolute atomic E-state index is 13.4. The number of carbonyl (C=O) groups excluding carboxylic acids is 1. The van der Waals surface area contributed by atoms with Crippen molar-refractivity contribution >= 4 is 11.7 Å². The number of rotatable bonds is 6. The highest BCUT2D eigenvalue weighted by Crippen LogP contribution is 2.48. The molecule has 10 heteroatoms. The van der Waals surface area contributed by atoms with E-state index in [0.29, 0.717) is 59.5 Å². The van der Waals surface area contributed by atoms with Crippen molar-refractivity contribution in [2.24, 2.45) is 23.0 Å². The number of carbonyl (C=O) groups is 1. The fraction of sp³-hybridized carbons (Fsp3) is 0.567. The topological polar surface area (TPSA) is 115 Å². The van der Waals surface area contributed by atoms with Gasteiger partial charge in [0.1, 0.15) is 11.9 Å². The van der Waals surface area contributed by atoms with Gasteiger partial charge in [-0.3, -0.25) is 4.79 Å². The number of hydrogen-bond acceptors (Lipinski definition) is 8. The largest absolute Gasteiger partial charge is 0.474 e. The lowest BCUT2D eigenvalue weighted by Gasteiger charge is -2.43. The summed E-state index contributed by atoms with van der Waals surface area (Å²) in [6.07, 6.45) is 7.34. The van der Waals surface area contributed by atoms with E-state index in [1.165, 1.54) is 0 Å². The number of anilines is 1. The molecule has 3 fully saturated rings. The van der Waals surface area contributed by atoms with Crippen LogP contribution in [0.1, 0.15) is 69.1 Å². The molecule has 40 heavy (non-hydrogen) atoms. The molecule has 0 spiro atoms. The zero-order valence-electron chi connectivity index (χ0n) is 24.3. The molecule has 0 radical (unpaired) electrons. The third-order valence-electron chi connectivity index (χ3n) is 8.78. The SMILES string of the molecule is Cc1nn(-c2ncccn2)cc1C(=O)N1CC2[C@@H](C1)[C@@H]2Oc1cc(C(C)(C)N)cc(N2CCC(C)(C)CC2C)n1. The molecule has 4 atom stereocenters. The van der Waals surface area contributed by atoms with Crippen LogP contribution in [0, 0.1) is 24.2 Å². The van der Waals surface area contributed by atoms with Gasteiger partial charge in [-0.2, -0.15) is 10.1 Å². The quantitative estimate of drug-likeness (QED) is 0.499. The van der Waals surface area contributed by atoms with Gasteiger partial charge < -0.3 is 20.3 Å². The van der Waals surface area contributed by atoms with Crippen LogP contribution < -0.4 is 15.4 Å². The first-order chi connectivity index (χ1) is 18.9. The Morgan fingerprint density at radius 2 is 1.85 bits per heavy atom. The molecule has 1 aliphatic carbocycles. The van der Waals surface area contributed by atoms with Gasteiger partial charge in [-0.25, -0.2) is 14.6 Å². The van der Waals surface area contributed by atoms with Crippen LogP contribution in [0.2, 0.25) is 0 Å². The van der Waals surface area contributed by atoms with Gasteiger partial charge in [-0.1, -0.05) is 13.8 Å². The summed E-state index contributed by atoms with van der Waals surface area (Å²) in [5, 5.41) is 4.46. The van der Waals surface area contributed by atoms with Crippen LogP contribution in [0.3, 0.4) is 0 Å². The molecule has 212 valence electrons. The van der Waals surface area contributed by atoms with Crippen molar-refractivity contribution in [3.05, 3.63) is 53.6 Å². The molecular weight excluding hydrogens is 504 g/mol. The summed E-state index contributed by atoms with van der Waals surface area (Å²) < 4.78 is 8.05. The van der Waals surface area contributed by atoms with Gasteiger partial charge in [-0.05, 0) is 63.6 Å². The number of amides is 1. The van der Waals surface area contributed by atoms with Crippen molar-refractivity contribution < 1.29 is 9.53 Å². The van der Waals surface area contributed by atoms with Crippen LogP contribution in [-0.4, -0.2) is 67.3 Å². The minimum atomic E-state index is -0.510. The second kappa shape index (κ2) is 9.54. The molecular formula is C30H40N8O2. The van der Waals surface area contributed by atoms with Crippen LogP contribution in [0.25, 0.3) is 5.95 Å². The number of nitrogens with two attached hydrogens (primary N) is 1. The van der Waals surface area contributed by atoms with E-state index in [0.717, 1.165) is 30.8 Å². The minimum Gasteiger partial charge on any atom is -0.474 e. The number of aryl methyl sites for hydroxylation is 1. The summed E-state index contributed by atoms with van der Waals surface area (Å²) in [7, 11) is 0. The molecule has 0 aromatic carbocycles. The fourth-order valence-electron chi connectivity index (χ4n) is 6.37. The minimum absolute atomic E-state index is 0.0140. The van der Waals surface area contributed by atoms with Crippen molar-refractivity contribution in [3.63, 3.8) is 0 Å². The third kappa shape index (κ3) is 5.05. The molecule has 1 saturated carbocycles. The van der Waals surface area contributed by atoms with Gasteiger partial charge >= 0.3 is 0 Å². The first-order valence-electron chi connectivity index (χ1n) is 14.3. The third-order valence-corrected chi connectivity index (χ3v) is 8.78. The highest BCUT2D eigenvalue weighted by Gasteiger charge is 2.59. The molecule has 3 aromatic rings. The second-order valence-corrected chi connectivity index (χ2v) is 13.2. The predicted octanol–water partition coefficient (Wildman–Crippen LogP) is 3.72. The molecule has 2 unspecified atom stereocenters. The number of ether oxygens (including phenoxy) is 1. The smallest absolute Gasteiger partial charge is 0.257 e. The van der Waals surface area contributed by atoms with Crippen LogP contribution >= 0.6 is 0 Å². The Balaban J connectivity index is 1.14. The Morgan fingerprint density at radius 1 is 1.15 bits per heavy atom. The van der Waals surface area contributed by atoms with E-state index in [1.807, 2.05) is 31.7 Å². The van der Waals surface area contributed by atoms with Gasteiger partial charge in [0, 0.05) is 67.7 Å². The number of fused-ring (bicyclic) bond motifs is 1. The van der Waals surface area contributed by atoms with E-state index < -0.39 is 5.54 Å². The van der Waals surface area contributed by atoms with Crippen LogP contribution in [0.4, 0.5) is 5.82 Å². The maximum atomic E-state index is 13.4. The Morgan fingerprint density at radius 3 is 2.50 bits per heavy atom. The number of piperidine rings is 2. The predicted molar refractivity (Wildman–Crippen MR) is 152 cm³/mol. The second-order valence-electron chi connectivity index (χ2n) is 13.2. The number of pyridine rings is 1. The molecule has 2 aliphatic heterocycles. The normalized spacial score (nSPS) is 25.6. The summed E-state index contributed by atoms with van der Waals surface area (Å²) >= 11 is 0. The first kappa shape index (κ1) is 26.7. The zero-order chi connectivity index (χ0) is 28.4. The Hall–Kier alpha value is -3.53. The summed E-state index contributed by atoms with van der Waals surface area (Å²) in [5.74, 6) is 2.59. The van der Waals surface area contributed by atoms with Crippen molar-refractivity contribution in [3.8, 4) is 11.8 Å². The Kier molecular flexibility index (Phi) is 6.36. The van der Waals surface area contributed by atoms with E-state index >= 15 is 0 Å². The number of likely N-dealkylation sites (tertiary alicyclic amines) is 1. The lowest BCUT2D eigenvalue weighted by atomic mass is 9.79. The molecule has 3 aromatic heterocycles. The van der Waals surface area contributed by atoms with Crippen LogP contribution in [0.15, 0.2) is 36.8 Å². The number of aromatic nitrogens is 5. The summed E-state index contributed by atoms with van der Waals surface area (Å²) in [6, 6.07) is 6.25. The van der Waals surface area contributed by atoms with Crippen molar-refractivity contribution in [1.29, 1.82) is 0 Å². The number of nitrogens with zero attached hydrogens (tertiary/aromatic N) is 7. The standard InChI is InChI=1S/C30H40N8O2/c1-18-14-29(3,4)8-11-37(18)24-12-20(30(5,6)31)13-25(34-24)40-26-22-15-36(16-23(22)26)27(39)21-17-38(35-19(21)2)28-32-9-7-10-33-28/h7,9-10,12-13,17-18,22-23,26H,8,11,14-16,31H2,1-6H3/t18?,22-,23?,26+/m1/s1. The first-order valence-corrected chi connectivity index (χ1v) is 14.3. The van der Waals surface area contributed by atoms with Crippen molar-refractivity contribution in [2.75, 3.05) is 24.5 Å². The molecule has 10 nitrogen and oxygen atoms in total. The molecule has 3 aliphatic rings. The van der Waals surface area contributed by atoms with E-state index in [9.17, 15) is 4.79 Å². The molecule has 0 bridgehead atoms. The molecule has 6 rings (SSSR count). The van der Waals surface area contributed by atoms with E-state index in [1.54, 1.807) is 29.3 Å². The van der Waals surface area contributed by atoms with Gasteiger partial charge in [-0.15, -0.1) is 0 Å². The Labute approximate surface area is 235 Å². The summed E-state index contributed by atoms with van der Waals surface area (Å²) in [5.41, 5.74) is 8.62. The number of hydrogen-bond donors (Lipinski definition) is 1. The molecule has 2 N–H and O–H groups in total. The monoisotopic (exact) mass is 544 g/mol. The maximum Gasteiger partial charge on any atom is 0.257 e. The fourth-order valence-corrected chi connectivity index (χ4v) is 6.37. The molecule has 2 saturated heterocycles. The van der Waals surface area contributed by atoms with E-state index in [2.05, 4.69) is 46.8 Å². The summed E-state index contributed by atoms with van der Waals surface area (Å²) in [6.45, 7) is 15.1. The lowest BCUT2D eigenvalue weighted by Crippen LogP contribution is -2.44. The van der Waals surface area contributed by atoms with Crippen LogP contribution in [0.5, 0.6) is 5.88 Å². The van der Waals surface area contributed by atoms with Crippen LogP contribution in [-0.2, 0) is 5.54 Å². The average molecular weight is 545 g/mol. The average Bonchev–Trinajstić information content (AvgIpc) is 3.20. The van der Waals surface area contributed by atoms with Gasteiger partial charge in [0.15, 0.2) is 0 Å². The van der Waals surface area contributed by atoms with E-state index in [4.69, 9.17) is 15.5 Å². The van der Waals surface area contributed by atoms with Crippen molar-refractivity contribution in [2.45, 2.75) is 72.1 Å².